The van der Waals surface area contributed by atoms with E-state index in [1.54, 1.807) is 30.3 Å². The lowest BCUT2D eigenvalue weighted by atomic mass is 10.1. The fraction of sp³-hybridized carbons (Fsp3) is 0.222. The van der Waals surface area contributed by atoms with E-state index in [0.717, 1.165) is 12.0 Å². The Morgan fingerprint density at radius 1 is 1.13 bits per heavy atom. The van der Waals surface area contributed by atoms with Crippen LogP contribution in [0.25, 0.3) is 0 Å². The molecule has 2 aromatic carbocycles. The van der Waals surface area contributed by atoms with Crippen molar-refractivity contribution in [2.24, 2.45) is 0 Å². The van der Waals surface area contributed by atoms with Crippen molar-refractivity contribution in [2.75, 3.05) is 0 Å². The molecular formula is C18H17ClO4. The summed E-state index contributed by atoms with van der Waals surface area (Å²) in [6.45, 7) is 2.23. The average Bonchev–Trinajstić information content (AvgIpc) is 2.53. The standard InChI is InChI=1S/C18H17ClO4/c1-2-3-17(20)15-9-8-14(10-16(15)19)23-11-12-4-6-13(7-5-12)18(21)22/h4-10H,2-3,11H2,1H3,(H,21,22). The molecule has 120 valence electrons. The Kier molecular flexibility index (Phi) is 5.77. The maximum absolute atomic E-state index is 11.9. The van der Waals surface area contributed by atoms with Crippen molar-refractivity contribution in [1.82, 2.24) is 0 Å². The quantitative estimate of drug-likeness (QED) is 0.752. The van der Waals surface area contributed by atoms with E-state index < -0.39 is 5.97 Å². The first-order chi connectivity index (χ1) is 11.0. The summed E-state index contributed by atoms with van der Waals surface area (Å²) in [7, 11) is 0. The van der Waals surface area contributed by atoms with Crippen LogP contribution in [0.4, 0.5) is 0 Å². The minimum absolute atomic E-state index is 0.0216. The van der Waals surface area contributed by atoms with Crippen molar-refractivity contribution >= 4 is 23.4 Å². The Labute approximate surface area is 139 Å². The molecule has 4 nitrogen and oxygen atoms in total. The summed E-state index contributed by atoms with van der Waals surface area (Å²) in [4.78, 5) is 22.7. The Morgan fingerprint density at radius 2 is 1.83 bits per heavy atom. The third kappa shape index (κ3) is 4.57. The lowest BCUT2D eigenvalue weighted by Crippen LogP contribution is -2.01. The van der Waals surface area contributed by atoms with E-state index >= 15 is 0 Å². The largest absolute Gasteiger partial charge is 0.489 e. The highest BCUT2D eigenvalue weighted by atomic mass is 35.5. The van der Waals surface area contributed by atoms with E-state index in [1.807, 2.05) is 6.92 Å². The van der Waals surface area contributed by atoms with Crippen LogP contribution in [0.1, 0.15) is 46.0 Å². The van der Waals surface area contributed by atoms with Crippen LogP contribution in [0.3, 0.4) is 0 Å². The van der Waals surface area contributed by atoms with Crippen molar-refractivity contribution in [2.45, 2.75) is 26.4 Å². The van der Waals surface area contributed by atoms with E-state index in [9.17, 15) is 9.59 Å². The number of carbonyl (C=O) groups is 2. The molecule has 5 heteroatoms. The Morgan fingerprint density at radius 3 is 2.39 bits per heavy atom. The lowest BCUT2D eigenvalue weighted by Gasteiger charge is -2.09. The maximum atomic E-state index is 11.9. The number of hydrogen-bond donors (Lipinski definition) is 1. The second kappa shape index (κ2) is 7.79. The van der Waals surface area contributed by atoms with Gasteiger partial charge in [-0.1, -0.05) is 30.7 Å². The van der Waals surface area contributed by atoms with Crippen LogP contribution in [-0.2, 0) is 6.61 Å². The van der Waals surface area contributed by atoms with Crippen molar-refractivity contribution in [3.8, 4) is 5.75 Å². The third-order valence-electron chi connectivity index (χ3n) is 3.32. The molecular weight excluding hydrogens is 316 g/mol. The van der Waals surface area contributed by atoms with Gasteiger partial charge >= 0.3 is 5.97 Å². The van der Waals surface area contributed by atoms with Gasteiger partial charge in [0.05, 0.1) is 10.6 Å². The van der Waals surface area contributed by atoms with E-state index in [0.29, 0.717) is 29.4 Å². The monoisotopic (exact) mass is 332 g/mol. The molecule has 23 heavy (non-hydrogen) atoms. The molecule has 0 amide bonds. The minimum atomic E-state index is -0.961. The number of Topliss-reactive ketones (excluding diaryl/α,β-unsaturated/α-hetero) is 1. The second-order valence-electron chi connectivity index (χ2n) is 5.11. The van der Waals surface area contributed by atoms with Crippen molar-refractivity contribution in [3.05, 3.63) is 64.2 Å². The summed E-state index contributed by atoms with van der Waals surface area (Å²) in [6.07, 6.45) is 1.25. The molecule has 0 bridgehead atoms. The van der Waals surface area contributed by atoms with Gasteiger partial charge in [0, 0.05) is 12.0 Å². The van der Waals surface area contributed by atoms with Crippen LogP contribution < -0.4 is 4.74 Å². The summed E-state index contributed by atoms with van der Waals surface area (Å²) in [5, 5.41) is 9.23. The molecule has 0 aromatic heterocycles. The van der Waals surface area contributed by atoms with Gasteiger partial charge < -0.3 is 9.84 Å². The first-order valence-corrected chi connectivity index (χ1v) is 7.67. The number of hydrogen-bond acceptors (Lipinski definition) is 3. The van der Waals surface area contributed by atoms with Crippen molar-refractivity contribution in [1.29, 1.82) is 0 Å². The fourth-order valence-electron chi connectivity index (χ4n) is 2.08. The number of carbonyl (C=O) groups excluding carboxylic acids is 1. The van der Waals surface area contributed by atoms with Gasteiger partial charge in [0.2, 0.25) is 0 Å². The summed E-state index contributed by atoms with van der Waals surface area (Å²) < 4.78 is 5.62. The number of rotatable bonds is 7. The molecule has 0 heterocycles. The molecule has 0 fully saturated rings. The zero-order valence-corrected chi connectivity index (χ0v) is 13.5. The molecule has 0 saturated carbocycles. The third-order valence-corrected chi connectivity index (χ3v) is 3.64. The fourth-order valence-corrected chi connectivity index (χ4v) is 2.36. The Bertz CT molecular complexity index is 707. The van der Waals surface area contributed by atoms with Crippen LogP contribution in [0.5, 0.6) is 5.75 Å². The minimum Gasteiger partial charge on any atom is -0.489 e. The number of halogens is 1. The van der Waals surface area contributed by atoms with Gasteiger partial charge in [-0.2, -0.15) is 0 Å². The van der Waals surface area contributed by atoms with Crippen LogP contribution >= 0.6 is 11.6 Å². The zero-order chi connectivity index (χ0) is 16.8. The smallest absolute Gasteiger partial charge is 0.335 e. The van der Waals surface area contributed by atoms with E-state index in [1.165, 1.54) is 12.1 Å². The van der Waals surface area contributed by atoms with Gasteiger partial charge in [0.15, 0.2) is 5.78 Å². The number of carboxylic acid groups (broad SMARTS) is 1. The molecule has 0 aliphatic rings. The highest BCUT2D eigenvalue weighted by Crippen LogP contribution is 2.24. The van der Waals surface area contributed by atoms with Crippen LogP contribution in [0.15, 0.2) is 42.5 Å². The molecule has 1 N–H and O–H groups in total. The highest BCUT2D eigenvalue weighted by Gasteiger charge is 2.10. The van der Waals surface area contributed by atoms with Crippen LogP contribution in [-0.4, -0.2) is 16.9 Å². The number of carboxylic acids is 1. The van der Waals surface area contributed by atoms with Gasteiger partial charge in [-0.3, -0.25) is 4.79 Å². The van der Waals surface area contributed by atoms with Gasteiger partial charge in [-0.25, -0.2) is 4.79 Å². The number of ether oxygens (including phenoxy) is 1. The van der Waals surface area contributed by atoms with Crippen LogP contribution in [0, 0.1) is 0 Å². The number of aromatic carboxylic acids is 1. The van der Waals surface area contributed by atoms with E-state index in [-0.39, 0.29) is 11.3 Å². The van der Waals surface area contributed by atoms with E-state index in [4.69, 9.17) is 21.4 Å². The molecule has 2 aromatic rings. The summed E-state index contributed by atoms with van der Waals surface area (Å²) in [6, 6.07) is 11.5. The van der Waals surface area contributed by atoms with Gasteiger partial charge in [-0.05, 0) is 42.3 Å². The number of benzene rings is 2. The molecule has 2 rings (SSSR count). The van der Waals surface area contributed by atoms with Gasteiger partial charge in [0.25, 0.3) is 0 Å². The summed E-state index contributed by atoms with van der Waals surface area (Å²) in [5.74, 6) is -0.379. The lowest BCUT2D eigenvalue weighted by molar-refractivity contribution is 0.0696. The van der Waals surface area contributed by atoms with Crippen molar-refractivity contribution < 1.29 is 19.4 Å². The summed E-state index contributed by atoms with van der Waals surface area (Å²) >= 11 is 6.13. The van der Waals surface area contributed by atoms with Crippen molar-refractivity contribution in [3.63, 3.8) is 0 Å². The predicted octanol–water partition coefficient (Wildman–Crippen LogP) is 4.60. The van der Waals surface area contributed by atoms with E-state index in [2.05, 4.69) is 0 Å². The topological polar surface area (TPSA) is 63.6 Å². The predicted molar refractivity (Wildman–Crippen MR) is 88.4 cm³/mol. The molecule has 0 atom stereocenters. The average molecular weight is 333 g/mol. The highest BCUT2D eigenvalue weighted by molar-refractivity contribution is 6.34. The van der Waals surface area contributed by atoms with Gasteiger partial charge in [-0.15, -0.1) is 0 Å². The van der Waals surface area contributed by atoms with Crippen LogP contribution in [0.2, 0.25) is 5.02 Å². The molecule has 0 unspecified atom stereocenters. The molecule has 0 spiro atoms. The number of ketones is 1. The summed E-state index contributed by atoms with van der Waals surface area (Å²) in [5.41, 5.74) is 1.58. The first-order valence-electron chi connectivity index (χ1n) is 7.29. The second-order valence-corrected chi connectivity index (χ2v) is 5.51. The normalized spacial score (nSPS) is 10.3. The zero-order valence-electron chi connectivity index (χ0n) is 12.7. The Balaban J connectivity index is 2.02. The molecule has 0 saturated heterocycles. The molecule has 0 radical (unpaired) electrons. The Hall–Kier alpha value is -2.33. The maximum Gasteiger partial charge on any atom is 0.335 e. The SMILES string of the molecule is CCCC(=O)c1ccc(OCc2ccc(C(=O)O)cc2)cc1Cl. The molecule has 0 aliphatic carbocycles. The first kappa shape index (κ1) is 17.0. The molecule has 0 aliphatic heterocycles. The van der Waals surface area contributed by atoms with Gasteiger partial charge in [0.1, 0.15) is 12.4 Å².